The highest BCUT2D eigenvalue weighted by atomic mass is 35.5. The highest BCUT2D eigenvalue weighted by Crippen LogP contribution is 2.15. The van der Waals surface area contributed by atoms with Crippen molar-refractivity contribution in [3.8, 4) is 0 Å². The van der Waals surface area contributed by atoms with Crippen LogP contribution in [0.25, 0.3) is 0 Å². The minimum atomic E-state index is -3.87. The molecule has 7 N–H and O–H groups in total. The van der Waals surface area contributed by atoms with Crippen LogP contribution in [0.1, 0.15) is 37.3 Å². The molecule has 0 unspecified atom stereocenters. The fourth-order valence-electron chi connectivity index (χ4n) is 3.37. The monoisotopic (exact) mass is 553 g/mol. The standard InChI is InChI=1S/C24H32ClN5O6S/c1-16(23(33)27-13-17-7-11-20(12-8-17)28-24(26)29-34)3-2-4-22(32)21(14-31)30-37(35,36)15-18-5-9-19(25)10-6-18/h5-12,16,21,30-31,34H,2-4,13-15H2,1H3,(H,27,33)(H3,26,28,29)/t16-,21-/m1/s1. The molecule has 2 aromatic rings. The van der Waals surface area contributed by atoms with E-state index in [0.717, 1.165) is 5.56 Å². The lowest BCUT2D eigenvalue weighted by Gasteiger charge is -2.16. The van der Waals surface area contributed by atoms with Crippen molar-refractivity contribution in [2.24, 2.45) is 16.6 Å². The lowest BCUT2D eigenvalue weighted by Crippen LogP contribution is -2.43. The summed E-state index contributed by atoms with van der Waals surface area (Å²) in [6.45, 7) is 1.37. The van der Waals surface area contributed by atoms with Crippen molar-refractivity contribution < 1.29 is 28.3 Å². The Balaban J connectivity index is 1.76. The molecule has 2 rings (SSSR count). The number of guanidine groups is 1. The molecule has 0 heterocycles. The minimum absolute atomic E-state index is 0.0140. The lowest BCUT2D eigenvalue weighted by atomic mass is 10.00. The molecule has 0 aliphatic rings. The molecule has 0 bridgehead atoms. The van der Waals surface area contributed by atoms with Gasteiger partial charge in [0.2, 0.25) is 21.9 Å². The quantitative estimate of drug-likeness (QED) is 0.116. The Bertz CT molecular complexity index is 1170. The van der Waals surface area contributed by atoms with Gasteiger partial charge >= 0.3 is 0 Å². The summed E-state index contributed by atoms with van der Waals surface area (Å²) >= 11 is 5.81. The number of nitrogens with one attached hydrogen (secondary N) is 3. The molecule has 0 aliphatic heterocycles. The zero-order valence-electron chi connectivity index (χ0n) is 20.4. The summed E-state index contributed by atoms with van der Waals surface area (Å²) in [5.41, 5.74) is 8.98. The maximum Gasteiger partial charge on any atom is 0.223 e. The number of amides is 1. The summed E-state index contributed by atoms with van der Waals surface area (Å²) in [5, 5.41) is 21.5. The lowest BCUT2D eigenvalue weighted by molar-refractivity contribution is -0.125. The Morgan fingerprint density at radius 1 is 1.08 bits per heavy atom. The van der Waals surface area contributed by atoms with Crippen molar-refractivity contribution in [2.75, 3.05) is 6.61 Å². The SMILES string of the molecule is C[C@H](CCCC(=O)[C@@H](CO)NS(=O)(=O)Cc1ccc(Cl)cc1)C(=O)NCc1ccc(N=C(N)NO)cc1. The largest absolute Gasteiger partial charge is 0.394 e. The number of carbonyl (C=O) groups excluding carboxylic acids is 2. The molecule has 13 heteroatoms. The highest BCUT2D eigenvalue weighted by Gasteiger charge is 2.24. The van der Waals surface area contributed by atoms with Crippen molar-refractivity contribution in [1.29, 1.82) is 0 Å². The second-order valence-electron chi connectivity index (χ2n) is 8.49. The predicted octanol–water partition coefficient (Wildman–Crippen LogP) is 1.74. The number of sulfonamides is 1. The van der Waals surface area contributed by atoms with Gasteiger partial charge in [0.1, 0.15) is 6.04 Å². The van der Waals surface area contributed by atoms with Gasteiger partial charge in [-0.15, -0.1) is 0 Å². The summed E-state index contributed by atoms with van der Waals surface area (Å²) in [7, 11) is -3.87. The first-order valence-electron chi connectivity index (χ1n) is 11.5. The van der Waals surface area contributed by atoms with Crippen molar-refractivity contribution in [2.45, 2.75) is 44.5 Å². The predicted molar refractivity (Wildman–Crippen MR) is 141 cm³/mol. The average molecular weight is 554 g/mol. The number of aliphatic hydroxyl groups is 1. The first kappa shape index (κ1) is 30.2. The zero-order chi connectivity index (χ0) is 27.4. The number of hydroxylamine groups is 1. The summed E-state index contributed by atoms with van der Waals surface area (Å²) < 4.78 is 27.1. The molecule has 0 aliphatic carbocycles. The summed E-state index contributed by atoms with van der Waals surface area (Å²) in [4.78, 5) is 28.8. The number of nitrogens with zero attached hydrogens (tertiary/aromatic N) is 1. The van der Waals surface area contributed by atoms with E-state index in [1.54, 1.807) is 60.9 Å². The molecule has 0 aromatic heterocycles. The van der Waals surface area contributed by atoms with Gasteiger partial charge in [-0.2, -0.15) is 0 Å². The molecule has 2 atom stereocenters. The van der Waals surface area contributed by atoms with Crippen LogP contribution in [0.2, 0.25) is 5.02 Å². The second-order valence-corrected chi connectivity index (χ2v) is 10.7. The van der Waals surface area contributed by atoms with Crippen molar-refractivity contribution in [3.05, 3.63) is 64.7 Å². The number of hydrogen-bond acceptors (Lipinski definition) is 7. The Morgan fingerprint density at radius 3 is 2.30 bits per heavy atom. The Labute approximate surface area is 221 Å². The molecular weight excluding hydrogens is 522 g/mol. The van der Waals surface area contributed by atoms with Crippen molar-refractivity contribution >= 4 is 45.0 Å². The number of aliphatic imine (C=N–C) groups is 1. The van der Waals surface area contributed by atoms with Gasteiger partial charge in [-0.1, -0.05) is 42.8 Å². The van der Waals surface area contributed by atoms with E-state index in [4.69, 9.17) is 22.5 Å². The molecule has 0 fully saturated rings. The maximum atomic E-state index is 12.5. The number of carbonyl (C=O) groups is 2. The molecule has 0 saturated heterocycles. The van der Waals surface area contributed by atoms with Crippen LogP contribution in [0, 0.1) is 5.92 Å². The van der Waals surface area contributed by atoms with Crippen LogP contribution < -0.4 is 21.3 Å². The molecule has 1 amide bonds. The first-order chi connectivity index (χ1) is 17.5. The van der Waals surface area contributed by atoms with E-state index >= 15 is 0 Å². The second kappa shape index (κ2) is 14.6. The zero-order valence-corrected chi connectivity index (χ0v) is 21.9. The van der Waals surface area contributed by atoms with Crippen molar-refractivity contribution in [1.82, 2.24) is 15.5 Å². The van der Waals surface area contributed by atoms with Crippen LogP contribution in [-0.2, 0) is 31.9 Å². The van der Waals surface area contributed by atoms with Crippen LogP contribution in [0.4, 0.5) is 5.69 Å². The Morgan fingerprint density at radius 2 is 1.70 bits per heavy atom. The average Bonchev–Trinajstić information content (AvgIpc) is 2.87. The van der Waals surface area contributed by atoms with Crippen LogP contribution >= 0.6 is 11.6 Å². The molecule has 202 valence electrons. The molecule has 11 nitrogen and oxygen atoms in total. The van der Waals surface area contributed by atoms with Gasteiger partial charge in [-0.25, -0.2) is 23.6 Å². The van der Waals surface area contributed by atoms with E-state index < -0.39 is 28.5 Å². The fourth-order valence-corrected chi connectivity index (χ4v) is 4.85. The van der Waals surface area contributed by atoms with Gasteiger partial charge in [0.15, 0.2) is 5.78 Å². The Kier molecular flexibility index (Phi) is 12.0. The number of nitrogens with two attached hydrogens (primary N) is 1. The van der Waals surface area contributed by atoms with Gasteiger partial charge in [0.25, 0.3) is 0 Å². The third-order valence-corrected chi connectivity index (χ3v) is 7.05. The number of halogens is 1. The molecule has 0 saturated carbocycles. The smallest absolute Gasteiger partial charge is 0.223 e. The van der Waals surface area contributed by atoms with E-state index in [-0.39, 0.29) is 30.0 Å². The van der Waals surface area contributed by atoms with E-state index in [1.807, 2.05) is 0 Å². The molecule has 37 heavy (non-hydrogen) atoms. The third kappa shape index (κ3) is 10.9. The van der Waals surface area contributed by atoms with E-state index in [1.165, 1.54) is 0 Å². The molecule has 2 aromatic carbocycles. The maximum absolute atomic E-state index is 12.5. The summed E-state index contributed by atoms with van der Waals surface area (Å²) in [6, 6.07) is 11.9. The normalized spacial score (nSPS) is 13.6. The number of benzene rings is 2. The van der Waals surface area contributed by atoms with E-state index in [2.05, 4.69) is 15.0 Å². The number of rotatable bonds is 14. The first-order valence-corrected chi connectivity index (χ1v) is 13.5. The van der Waals surface area contributed by atoms with Gasteiger partial charge in [0, 0.05) is 23.9 Å². The van der Waals surface area contributed by atoms with Crippen molar-refractivity contribution in [3.63, 3.8) is 0 Å². The third-order valence-electron chi connectivity index (χ3n) is 5.44. The fraction of sp³-hybridized carbons (Fsp3) is 0.375. The topological polar surface area (TPSA) is 183 Å². The van der Waals surface area contributed by atoms with Gasteiger partial charge < -0.3 is 16.2 Å². The molecule has 0 radical (unpaired) electrons. The molecular formula is C24H32ClN5O6S. The number of ketones is 1. The molecule has 0 spiro atoms. The number of aliphatic hydroxyl groups excluding tert-OH is 1. The number of Topliss-reactive ketones (excluding diaryl/α,β-unsaturated/α-hetero) is 1. The Hall–Kier alpha value is -3.03. The highest BCUT2D eigenvalue weighted by molar-refractivity contribution is 7.88. The van der Waals surface area contributed by atoms with Crippen LogP contribution in [0.3, 0.4) is 0 Å². The van der Waals surface area contributed by atoms with Gasteiger partial charge in [-0.3, -0.25) is 14.8 Å². The van der Waals surface area contributed by atoms with Gasteiger partial charge in [0.05, 0.1) is 18.0 Å². The number of hydrogen-bond donors (Lipinski definition) is 6. The minimum Gasteiger partial charge on any atom is -0.394 e. The van der Waals surface area contributed by atoms with Gasteiger partial charge in [-0.05, 0) is 48.2 Å². The van der Waals surface area contributed by atoms with Crippen LogP contribution in [0.15, 0.2) is 53.5 Å². The van der Waals surface area contributed by atoms with Crippen LogP contribution in [-0.4, -0.2) is 49.0 Å². The van der Waals surface area contributed by atoms with E-state index in [0.29, 0.717) is 35.7 Å². The summed E-state index contributed by atoms with van der Waals surface area (Å²) in [6.07, 6.45) is 0.782. The van der Waals surface area contributed by atoms with Crippen LogP contribution in [0.5, 0.6) is 0 Å². The van der Waals surface area contributed by atoms with E-state index in [9.17, 15) is 23.1 Å². The summed E-state index contributed by atoms with van der Waals surface area (Å²) in [5.74, 6) is -1.51.